The molecule has 0 aliphatic carbocycles. The van der Waals surface area contributed by atoms with Crippen LogP contribution in [-0.2, 0) is 16.1 Å². The molecule has 9 heteroatoms. The van der Waals surface area contributed by atoms with Gasteiger partial charge >= 0.3 is 0 Å². The van der Waals surface area contributed by atoms with Crippen molar-refractivity contribution < 1.29 is 19.4 Å². The maximum atomic E-state index is 12.5. The second kappa shape index (κ2) is 7.76. The molecular weight excluding hydrogens is 362 g/mol. The van der Waals surface area contributed by atoms with Gasteiger partial charge in [0.15, 0.2) is 0 Å². The molecule has 0 spiro atoms. The van der Waals surface area contributed by atoms with Gasteiger partial charge in [-0.25, -0.2) is 4.98 Å². The van der Waals surface area contributed by atoms with E-state index in [1.54, 1.807) is 19.2 Å². The minimum atomic E-state index is -0.286. The molecule has 4 rings (SSSR count). The molecule has 2 saturated heterocycles. The summed E-state index contributed by atoms with van der Waals surface area (Å²) in [6.07, 6.45) is 1.47. The molecule has 150 valence electrons. The molecule has 2 aliphatic rings. The van der Waals surface area contributed by atoms with E-state index in [0.717, 1.165) is 12.8 Å². The summed E-state index contributed by atoms with van der Waals surface area (Å²) in [4.78, 5) is 25.5. The van der Waals surface area contributed by atoms with E-state index in [9.17, 15) is 9.90 Å². The smallest absolute Gasteiger partial charge is 0.251 e. The number of hydrogen-bond donors (Lipinski definition) is 2. The average Bonchev–Trinajstić information content (AvgIpc) is 3.27. The Hall–Kier alpha value is -2.65. The Balaban J connectivity index is 1.52. The topological polar surface area (TPSA) is 114 Å². The molecule has 1 aromatic heterocycles. The van der Waals surface area contributed by atoms with Crippen LogP contribution in [0.3, 0.4) is 0 Å². The van der Waals surface area contributed by atoms with Gasteiger partial charge in [0, 0.05) is 43.7 Å². The van der Waals surface area contributed by atoms with Crippen molar-refractivity contribution in [3.05, 3.63) is 17.7 Å². The van der Waals surface area contributed by atoms with Gasteiger partial charge in [-0.05, 0) is 25.0 Å². The molecule has 9 nitrogen and oxygen atoms in total. The number of nitrogens with zero attached hydrogens (tertiary/aromatic N) is 4. The molecule has 0 bridgehead atoms. The quantitative estimate of drug-likeness (QED) is 0.781. The number of amides is 1. The van der Waals surface area contributed by atoms with E-state index in [1.807, 2.05) is 9.80 Å². The normalized spacial score (nSPS) is 20.0. The molecule has 3 N–H and O–H groups in total. The third-order valence-electron chi connectivity index (χ3n) is 5.37. The number of carbonyl (C=O) groups excluding carboxylic acids is 1. The van der Waals surface area contributed by atoms with Crippen LogP contribution in [0.4, 0.5) is 11.8 Å². The lowest BCUT2D eigenvalue weighted by molar-refractivity contribution is -0.141. The third kappa shape index (κ3) is 3.43. The Labute approximate surface area is 163 Å². The number of piperazine rings is 1. The van der Waals surface area contributed by atoms with E-state index in [2.05, 4.69) is 9.97 Å². The maximum absolute atomic E-state index is 12.5. The van der Waals surface area contributed by atoms with Crippen molar-refractivity contribution in [2.75, 3.05) is 50.5 Å². The number of anilines is 2. The summed E-state index contributed by atoms with van der Waals surface area (Å²) in [6, 6.07) is 3.52. The molecule has 28 heavy (non-hydrogen) atoms. The predicted octanol–water partition coefficient (Wildman–Crippen LogP) is 0.541. The van der Waals surface area contributed by atoms with E-state index in [1.165, 1.54) is 0 Å². The van der Waals surface area contributed by atoms with Gasteiger partial charge in [-0.15, -0.1) is 0 Å². The van der Waals surface area contributed by atoms with Crippen LogP contribution in [0.2, 0.25) is 0 Å². The van der Waals surface area contributed by atoms with Crippen LogP contribution < -0.4 is 15.4 Å². The number of hydrogen-bond acceptors (Lipinski definition) is 8. The SMILES string of the molecule is COc1cc2c(N)nc(N3CCN(C(=O)C4CCCO4)CC3)nc2cc1CO. The summed E-state index contributed by atoms with van der Waals surface area (Å²) in [7, 11) is 1.54. The van der Waals surface area contributed by atoms with E-state index >= 15 is 0 Å². The molecule has 0 saturated carbocycles. The molecule has 1 aromatic carbocycles. The Morgan fingerprint density at radius 3 is 2.75 bits per heavy atom. The molecule has 1 unspecified atom stereocenters. The van der Waals surface area contributed by atoms with Crippen LogP contribution in [0.5, 0.6) is 5.75 Å². The molecular formula is C19H25N5O4. The number of ether oxygens (including phenoxy) is 2. The first-order valence-corrected chi connectivity index (χ1v) is 9.51. The highest BCUT2D eigenvalue weighted by molar-refractivity contribution is 5.91. The number of rotatable bonds is 4. The van der Waals surface area contributed by atoms with Gasteiger partial charge in [-0.2, -0.15) is 4.98 Å². The Kier molecular flexibility index (Phi) is 5.19. The van der Waals surface area contributed by atoms with Gasteiger partial charge in [0.2, 0.25) is 5.95 Å². The van der Waals surface area contributed by atoms with Crippen molar-refractivity contribution in [2.45, 2.75) is 25.6 Å². The van der Waals surface area contributed by atoms with Gasteiger partial charge in [0.1, 0.15) is 17.7 Å². The Morgan fingerprint density at radius 1 is 1.32 bits per heavy atom. The fourth-order valence-electron chi connectivity index (χ4n) is 3.77. The lowest BCUT2D eigenvalue weighted by Crippen LogP contribution is -2.51. The minimum absolute atomic E-state index is 0.0794. The molecule has 1 atom stereocenters. The number of nitrogen functional groups attached to an aromatic ring is 1. The predicted molar refractivity (Wildman–Crippen MR) is 104 cm³/mol. The van der Waals surface area contributed by atoms with Crippen LogP contribution in [0.25, 0.3) is 10.9 Å². The number of nitrogens with two attached hydrogens (primary N) is 1. The number of aliphatic hydroxyl groups is 1. The monoisotopic (exact) mass is 387 g/mol. The highest BCUT2D eigenvalue weighted by Gasteiger charge is 2.31. The van der Waals surface area contributed by atoms with Crippen molar-refractivity contribution in [1.29, 1.82) is 0 Å². The fourth-order valence-corrected chi connectivity index (χ4v) is 3.77. The average molecular weight is 387 g/mol. The van der Waals surface area contributed by atoms with Gasteiger partial charge < -0.3 is 30.1 Å². The summed E-state index contributed by atoms with van der Waals surface area (Å²) in [6.45, 7) is 2.98. The lowest BCUT2D eigenvalue weighted by atomic mass is 10.1. The Bertz CT molecular complexity index is 876. The van der Waals surface area contributed by atoms with Crippen molar-refractivity contribution in [3.63, 3.8) is 0 Å². The number of aliphatic hydroxyl groups excluding tert-OH is 1. The summed E-state index contributed by atoms with van der Waals surface area (Å²) in [5.41, 5.74) is 7.46. The molecule has 2 aromatic rings. The zero-order valence-electron chi connectivity index (χ0n) is 15.9. The highest BCUT2D eigenvalue weighted by atomic mass is 16.5. The van der Waals surface area contributed by atoms with Crippen molar-refractivity contribution >= 4 is 28.6 Å². The number of aromatic nitrogens is 2. The van der Waals surface area contributed by atoms with E-state index < -0.39 is 0 Å². The second-order valence-corrected chi connectivity index (χ2v) is 7.06. The first-order valence-electron chi connectivity index (χ1n) is 9.51. The zero-order chi connectivity index (χ0) is 19.7. The maximum Gasteiger partial charge on any atom is 0.251 e. The fraction of sp³-hybridized carbons (Fsp3) is 0.526. The molecule has 3 heterocycles. The van der Waals surface area contributed by atoms with Crippen LogP contribution in [-0.4, -0.2) is 71.9 Å². The molecule has 2 fully saturated rings. The number of methoxy groups -OCH3 is 1. The zero-order valence-corrected chi connectivity index (χ0v) is 15.9. The van der Waals surface area contributed by atoms with Gasteiger partial charge in [-0.3, -0.25) is 4.79 Å². The first kappa shape index (κ1) is 18.7. The van der Waals surface area contributed by atoms with E-state index in [4.69, 9.17) is 15.2 Å². The van der Waals surface area contributed by atoms with Crippen LogP contribution in [0.1, 0.15) is 18.4 Å². The highest BCUT2D eigenvalue weighted by Crippen LogP contribution is 2.29. The molecule has 1 amide bonds. The van der Waals surface area contributed by atoms with Crippen molar-refractivity contribution in [2.24, 2.45) is 0 Å². The second-order valence-electron chi connectivity index (χ2n) is 7.06. The van der Waals surface area contributed by atoms with Gasteiger partial charge in [-0.1, -0.05) is 0 Å². The van der Waals surface area contributed by atoms with Crippen LogP contribution >= 0.6 is 0 Å². The molecule has 0 radical (unpaired) electrons. The number of carbonyl (C=O) groups is 1. The number of benzene rings is 1. The van der Waals surface area contributed by atoms with E-state index in [-0.39, 0.29) is 18.6 Å². The summed E-state index contributed by atoms with van der Waals surface area (Å²) in [5.74, 6) is 1.53. The van der Waals surface area contributed by atoms with Crippen molar-refractivity contribution in [3.8, 4) is 5.75 Å². The third-order valence-corrected chi connectivity index (χ3v) is 5.37. The summed E-state index contributed by atoms with van der Waals surface area (Å²) < 4.78 is 10.8. The van der Waals surface area contributed by atoms with Crippen molar-refractivity contribution in [1.82, 2.24) is 14.9 Å². The minimum Gasteiger partial charge on any atom is -0.496 e. The Morgan fingerprint density at radius 2 is 2.11 bits per heavy atom. The largest absolute Gasteiger partial charge is 0.496 e. The van der Waals surface area contributed by atoms with Crippen LogP contribution in [0, 0.1) is 0 Å². The van der Waals surface area contributed by atoms with Crippen LogP contribution in [0.15, 0.2) is 12.1 Å². The van der Waals surface area contributed by atoms with Gasteiger partial charge in [0.25, 0.3) is 5.91 Å². The first-order chi connectivity index (χ1) is 13.6. The summed E-state index contributed by atoms with van der Waals surface area (Å²) in [5, 5.41) is 10.2. The van der Waals surface area contributed by atoms with E-state index in [0.29, 0.717) is 66.8 Å². The lowest BCUT2D eigenvalue weighted by Gasteiger charge is -2.35. The number of fused-ring (bicyclic) bond motifs is 1. The standard InChI is InChI=1S/C19H25N5O4/c1-27-16-10-13-14(9-12(16)11-25)21-19(22-17(13)20)24-6-4-23(5-7-24)18(26)15-3-2-8-28-15/h9-10,15,25H,2-8,11H2,1H3,(H2,20,21,22). The molecule has 2 aliphatic heterocycles. The van der Waals surface area contributed by atoms with Gasteiger partial charge in [0.05, 0.1) is 19.2 Å². The summed E-state index contributed by atoms with van der Waals surface area (Å²) >= 11 is 0.